The van der Waals surface area contributed by atoms with Gasteiger partial charge in [-0.2, -0.15) is 0 Å². The van der Waals surface area contributed by atoms with Gasteiger partial charge in [-0.15, -0.1) is 22.7 Å². The maximum atomic E-state index is 12.7. The van der Waals surface area contributed by atoms with Crippen LogP contribution in [0.4, 0.5) is 15.5 Å². The number of aryl methyl sites for hydroxylation is 1. The number of urea groups is 1. The molecule has 2 aromatic heterocycles. The molecule has 4 aromatic rings. The van der Waals surface area contributed by atoms with E-state index in [1.54, 1.807) is 29.8 Å². The topological polar surface area (TPSA) is 63.2 Å². The number of carbonyl (C=O) groups excluding carboxylic acids is 1. The second kappa shape index (κ2) is 8.08. The molecule has 5 rings (SSSR count). The van der Waals surface area contributed by atoms with Crippen LogP contribution in [0, 0.1) is 0 Å². The fraction of sp³-hybridized carbons (Fsp3) is 0.217. The van der Waals surface area contributed by atoms with E-state index >= 15 is 0 Å². The summed E-state index contributed by atoms with van der Waals surface area (Å²) in [6, 6.07) is 15.2. The summed E-state index contributed by atoms with van der Waals surface area (Å²) in [5.74, 6) is 0.755. The zero-order valence-corrected chi connectivity index (χ0v) is 18.2. The Morgan fingerprint density at radius 3 is 2.60 bits per heavy atom. The number of hydrogen-bond acceptors (Lipinski definition) is 5. The Morgan fingerprint density at radius 2 is 1.80 bits per heavy atom. The maximum Gasteiger partial charge on any atom is 0.324 e. The lowest BCUT2D eigenvalue weighted by Gasteiger charge is -2.12. The fourth-order valence-electron chi connectivity index (χ4n) is 3.80. The van der Waals surface area contributed by atoms with Gasteiger partial charge in [0.2, 0.25) is 0 Å². The van der Waals surface area contributed by atoms with Gasteiger partial charge in [-0.05, 0) is 67.6 Å². The van der Waals surface area contributed by atoms with Gasteiger partial charge >= 0.3 is 6.03 Å². The van der Waals surface area contributed by atoms with Gasteiger partial charge in [0, 0.05) is 16.1 Å². The van der Waals surface area contributed by atoms with Gasteiger partial charge in [-0.3, -0.25) is 5.32 Å². The van der Waals surface area contributed by atoms with Gasteiger partial charge in [0.25, 0.3) is 0 Å². The number of anilines is 2. The molecule has 0 saturated heterocycles. The molecule has 152 valence electrons. The molecule has 0 bridgehead atoms. The van der Waals surface area contributed by atoms with Crippen LogP contribution in [0.5, 0.6) is 5.75 Å². The number of benzene rings is 2. The van der Waals surface area contributed by atoms with Crippen LogP contribution in [0.15, 0.2) is 48.5 Å². The third-order valence-corrected chi connectivity index (χ3v) is 7.52. The van der Waals surface area contributed by atoms with Crippen LogP contribution in [-0.2, 0) is 12.8 Å². The second-order valence-electron chi connectivity index (χ2n) is 7.21. The van der Waals surface area contributed by atoms with E-state index in [4.69, 9.17) is 9.72 Å². The lowest BCUT2D eigenvalue weighted by molar-refractivity contribution is 0.262. The van der Waals surface area contributed by atoms with Crippen molar-refractivity contribution < 1.29 is 9.53 Å². The van der Waals surface area contributed by atoms with Gasteiger partial charge in [0.1, 0.15) is 15.8 Å². The number of rotatable bonds is 4. The first-order chi connectivity index (χ1) is 14.7. The van der Waals surface area contributed by atoms with Crippen LogP contribution in [-0.4, -0.2) is 18.1 Å². The number of carbonyl (C=O) groups is 1. The molecule has 1 aliphatic carbocycles. The molecule has 0 fully saturated rings. The molecule has 0 spiro atoms. The SMILES string of the molecule is COc1ccc(NC(=O)Nc2sc3c(c2-c2nc4ccccc4s2)CCCC3)cc1. The van der Waals surface area contributed by atoms with E-state index in [1.807, 2.05) is 42.5 Å². The Morgan fingerprint density at radius 1 is 1.00 bits per heavy atom. The van der Waals surface area contributed by atoms with Crippen molar-refractivity contribution in [2.75, 3.05) is 17.7 Å². The van der Waals surface area contributed by atoms with Crippen LogP contribution in [0.1, 0.15) is 23.3 Å². The number of fused-ring (bicyclic) bond motifs is 2. The van der Waals surface area contributed by atoms with Gasteiger partial charge < -0.3 is 10.1 Å². The summed E-state index contributed by atoms with van der Waals surface area (Å²) >= 11 is 3.37. The Labute approximate surface area is 182 Å². The number of nitrogens with zero attached hydrogens (tertiary/aromatic N) is 1. The normalized spacial score (nSPS) is 13.1. The van der Waals surface area contributed by atoms with Crippen molar-refractivity contribution in [2.45, 2.75) is 25.7 Å². The fourth-order valence-corrected chi connectivity index (χ4v) is 6.19. The summed E-state index contributed by atoms with van der Waals surface area (Å²) in [5, 5.41) is 7.87. The average Bonchev–Trinajstić information content (AvgIpc) is 3.34. The summed E-state index contributed by atoms with van der Waals surface area (Å²) in [6.45, 7) is 0. The van der Waals surface area contributed by atoms with Gasteiger partial charge in [-0.25, -0.2) is 9.78 Å². The molecule has 30 heavy (non-hydrogen) atoms. The minimum Gasteiger partial charge on any atom is -0.497 e. The number of para-hydroxylation sites is 1. The third-order valence-electron chi connectivity index (χ3n) is 5.25. The molecule has 2 aromatic carbocycles. The molecule has 0 aliphatic heterocycles. The standard InChI is InChI=1S/C23H21N3O2S2/c1-28-15-12-10-14(11-13-15)24-23(27)26-22-20(16-6-2-4-8-18(16)29-22)21-25-17-7-3-5-9-19(17)30-21/h3,5,7,9-13H,2,4,6,8H2,1H3,(H2,24,26,27). The molecule has 0 saturated carbocycles. The van der Waals surface area contributed by atoms with Crippen molar-refractivity contribution in [1.29, 1.82) is 0 Å². The molecular formula is C23H21N3O2S2. The number of hydrogen-bond donors (Lipinski definition) is 2. The minimum absolute atomic E-state index is 0.249. The van der Waals surface area contributed by atoms with E-state index in [9.17, 15) is 4.79 Å². The third kappa shape index (κ3) is 3.66. The summed E-state index contributed by atoms with van der Waals surface area (Å²) in [6.07, 6.45) is 4.49. The van der Waals surface area contributed by atoms with E-state index in [0.29, 0.717) is 0 Å². The number of nitrogens with one attached hydrogen (secondary N) is 2. The largest absolute Gasteiger partial charge is 0.497 e. The van der Waals surface area contributed by atoms with Gasteiger partial charge in [0.05, 0.1) is 17.3 Å². The van der Waals surface area contributed by atoms with Crippen LogP contribution in [0.3, 0.4) is 0 Å². The summed E-state index contributed by atoms with van der Waals surface area (Å²) in [5.41, 5.74) is 4.17. The molecule has 0 unspecified atom stereocenters. The lowest BCUT2D eigenvalue weighted by Crippen LogP contribution is -2.19. The summed E-state index contributed by atoms with van der Waals surface area (Å²) in [4.78, 5) is 19.0. The maximum absolute atomic E-state index is 12.7. The number of thiophene rings is 1. The lowest BCUT2D eigenvalue weighted by atomic mass is 9.96. The van der Waals surface area contributed by atoms with Crippen LogP contribution < -0.4 is 15.4 Å². The Balaban J connectivity index is 1.46. The number of methoxy groups -OCH3 is 1. The predicted molar refractivity (Wildman–Crippen MR) is 125 cm³/mol. The monoisotopic (exact) mass is 435 g/mol. The Kier molecular flexibility index (Phi) is 5.14. The van der Waals surface area contributed by atoms with Crippen LogP contribution in [0.2, 0.25) is 0 Å². The van der Waals surface area contributed by atoms with Crippen molar-refractivity contribution in [3.05, 3.63) is 59.0 Å². The molecule has 2 N–H and O–H groups in total. The number of ether oxygens (including phenoxy) is 1. The van der Waals surface area contributed by atoms with Gasteiger partial charge in [-0.1, -0.05) is 12.1 Å². The molecule has 5 nitrogen and oxygen atoms in total. The van der Waals surface area contributed by atoms with E-state index < -0.39 is 0 Å². The van der Waals surface area contributed by atoms with E-state index in [-0.39, 0.29) is 6.03 Å². The predicted octanol–water partition coefficient (Wildman–Crippen LogP) is 6.56. The van der Waals surface area contributed by atoms with Crippen molar-refractivity contribution in [1.82, 2.24) is 4.98 Å². The van der Waals surface area contributed by atoms with Crippen LogP contribution in [0.25, 0.3) is 20.8 Å². The first kappa shape index (κ1) is 19.1. The smallest absolute Gasteiger partial charge is 0.324 e. The van der Waals surface area contributed by atoms with Crippen molar-refractivity contribution in [3.63, 3.8) is 0 Å². The van der Waals surface area contributed by atoms with E-state index in [1.165, 1.54) is 23.3 Å². The molecule has 1 aliphatic rings. The number of thiazole rings is 1. The quantitative estimate of drug-likeness (QED) is 0.382. The molecule has 2 heterocycles. The van der Waals surface area contributed by atoms with Gasteiger partial charge in [0.15, 0.2) is 0 Å². The van der Waals surface area contributed by atoms with E-state index in [0.717, 1.165) is 50.1 Å². The highest BCUT2D eigenvalue weighted by Crippen LogP contribution is 2.46. The minimum atomic E-state index is -0.249. The highest BCUT2D eigenvalue weighted by molar-refractivity contribution is 7.22. The second-order valence-corrected chi connectivity index (χ2v) is 9.35. The molecule has 7 heteroatoms. The highest BCUT2D eigenvalue weighted by Gasteiger charge is 2.25. The molecule has 0 atom stereocenters. The van der Waals surface area contributed by atoms with E-state index in [2.05, 4.69) is 16.7 Å². The molecular weight excluding hydrogens is 414 g/mol. The van der Waals surface area contributed by atoms with Crippen molar-refractivity contribution in [2.24, 2.45) is 0 Å². The first-order valence-electron chi connectivity index (χ1n) is 9.94. The molecule has 0 radical (unpaired) electrons. The Bertz CT molecular complexity index is 1180. The zero-order chi connectivity index (χ0) is 20.5. The molecule has 2 amide bonds. The Hall–Kier alpha value is -2.90. The van der Waals surface area contributed by atoms with Crippen LogP contribution >= 0.6 is 22.7 Å². The summed E-state index contributed by atoms with van der Waals surface area (Å²) < 4.78 is 6.34. The number of amides is 2. The number of aromatic nitrogens is 1. The first-order valence-corrected chi connectivity index (χ1v) is 11.6. The zero-order valence-electron chi connectivity index (χ0n) is 16.5. The van der Waals surface area contributed by atoms with Crippen molar-refractivity contribution >= 4 is 49.6 Å². The van der Waals surface area contributed by atoms with Crippen molar-refractivity contribution in [3.8, 4) is 16.3 Å². The summed E-state index contributed by atoms with van der Waals surface area (Å²) in [7, 11) is 1.62. The highest BCUT2D eigenvalue weighted by atomic mass is 32.1. The average molecular weight is 436 g/mol.